The van der Waals surface area contributed by atoms with Crippen molar-refractivity contribution < 1.29 is 44.3 Å². The minimum atomic E-state index is -6.18. The summed E-state index contributed by atoms with van der Waals surface area (Å²) in [5, 5.41) is 0. The molecule has 0 bridgehead atoms. The van der Waals surface area contributed by atoms with Crippen LogP contribution in [0.1, 0.15) is 5.56 Å². The van der Waals surface area contributed by atoms with E-state index >= 15 is 0 Å². The topological polar surface area (TPSA) is 9.23 Å². The molecule has 1 nitrogen and oxygen atoms in total. The van der Waals surface area contributed by atoms with E-state index in [0.717, 1.165) is 0 Å². The van der Waals surface area contributed by atoms with E-state index in [-0.39, 0.29) is 0 Å². The van der Waals surface area contributed by atoms with Crippen LogP contribution in [0.15, 0.2) is 24.3 Å². The summed E-state index contributed by atoms with van der Waals surface area (Å²) in [4.78, 5) is 0. The van der Waals surface area contributed by atoms with Crippen molar-refractivity contribution in [3.8, 4) is 5.75 Å². The van der Waals surface area contributed by atoms with Crippen molar-refractivity contribution in [3.63, 3.8) is 0 Å². The lowest BCUT2D eigenvalue weighted by molar-refractivity contribution is -0.328. The molecular formula is C10H5F9O. The zero-order valence-corrected chi connectivity index (χ0v) is 9.20. The van der Waals surface area contributed by atoms with E-state index in [4.69, 9.17) is 0 Å². The van der Waals surface area contributed by atoms with Gasteiger partial charge in [-0.3, -0.25) is 0 Å². The summed E-state index contributed by atoms with van der Waals surface area (Å²) >= 11 is 0. The molecule has 1 unspecified atom stereocenters. The molecule has 0 heterocycles. The first-order valence-electron chi connectivity index (χ1n) is 4.78. The highest BCUT2D eigenvalue weighted by Gasteiger charge is 2.65. The molecule has 0 radical (unpaired) electrons. The molecule has 0 N–H and O–H groups in total. The monoisotopic (exact) mass is 312 g/mol. The number of halogens is 9. The highest BCUT2D eigenvalue weighted by Crippen LogP contribution is 2.40. The minimum Gasteiger partial charge on any atom is -0.454 e. The van der Waals surface area contributed by atoms with Crippen molar-refractivity contribution in [2.45, 2.75) is 24.6 Å². The molecular weight excluding hydrogens is 307 g/mol. The molecule has 114 valence electrons. The van der Waals surface area contributed by atoms with Gasteiger partial charge in [-0.2, -0.15) is 39.5 Å². The van der Waals surface area contributed by atoms with Crippen LogP contribution >= 0.6 is 0 Å². The maximum Gasteiger partial charge on any atom is 0.460 e. The summed E-state index contributed by atoms with van der Waals surface area (Å²) in [5.74, 6) is -6.68. The minimum absolute atomic E-state index is 0.355. The van der Waals surface area contributed by atoms with E-state index in [1.165, 1.54) is 0 Å². The Morgan fingerprint density at radius 2 is 1.25 bits per heavy atom. The average Bonchev–Trinajstić information content (AvgIpc) is 2.26. The zero-order chi connectivity index (χ0) is 15.8. The fourth-order valence-corrected chi connectivity index (χ4v) is 1.04. The standard InChI is InChI=1S/C10H5F9O/c11-7(8(12,13)10(17,18)19)20-6-3-1-5(2-4-6)9(14,15)16/h1-4,7H. The van der Waals surface area contributed by atoms with E-state index in [2.05, 4.69) is 4.74 Å². The molecule has 0 amide bonds. The summed E-state index contributed by atoms with van der Waals surface area (Å²) in [5.41, 5.74) is -1.19. The van der Waals surface area contributed by atoms with Gasteiger partial charge < -0.3 is 4.74 Å². The van der Waals surface area contributed by atoms with Crippen LogP contribution in [-0.2, 0) is 6.18 Å². The molecule has 0 saturated carbocycles. The summed E-state index contributed by atoms with van der Waals surface area (Å²) in [6, 6.07) is 1.57. The third-order valence-corrected chi connectivity index (χ3v) is 2.08. The van der Waals surface area contributed by atoms with Crippen LogP contribution in [0, 0.1) is 0 Å². The Kier molecular flexibility index (Phi) is 4.16. The highest BCUT2D eigenvalue weighted by molar-refractivity contribution is 5.29. The van der Waals surface area contributed by atoms with Gasteiger partial charge in [0.25, 0.3) is 0 Å². The van der Waals surface area contributed by atoms with E-state index < -0.39 is 35.9 Å². The molecule has 0 spiro atoms. The average molecular weight is 312 g/mol. The number of ether oxygens (including phenoxy) is 1. The Balaban J connectivity index is 2.85. The second-order valence-electron chi connectivity index (χ2n) is 3.58. The first-order valence-corrected chi connectivity index (χ1v) is 4.78. The number of benzene rings is 1. The second-order valence-corrected chi connectivity index (χ2v) is 3.58. The molecule has 1 aromatic carbocycles. The lowest BCUT2D eigenvalue weighted by Gasteiger charge is -2.23. The second kappa shape index (κ2) is 5.06. The molecule has 1 aromatic rings. The van der Waals surface area contributed by atoms with Crippen LogP contribution in [0.4, 0.5) is 39.5 Å². The van der Waals surface area contributed by atoms with Gasteiger partial charge in [-0.1, -0.05) is 0 Å². The van der Waals surface area contributed by atoms with E-state index in [1.807, 2.05) is 0 Å². The maximum atomic E-state index is 12.8. The van der Waals surface area contributed by atoms with E-state index in [0.29, 0.717) is 24.3 Å². The van der Waals surface area contributed by atoms with Crippen LogP contribution in [0.5, 0.6) is 5.75 Å². The number of hydrogen-bond acceptors (Lipinski definition) is 1. The van der Waals surface area contributed by atoms with Gasteiger partial charge in [-0.15, -0.1) is 0 Å². The SMILES string of the molecule is FC(Oc1ccc(C(F)(F)F)cc1)C(F)(F)C(F)(F)F. The van der Waals surface area contributed by atoms with E-state index in [1.54, 1.807) is 0 Å². The zero-order valence-electron chi connectivity index (χ0n) is 9.20. The van der Waals surface area contributed by atoms with Gasteiger partial charge in [0.15, 0.2) is 0 Å². The first kappa shape index (κ1) is 16.4. The molecule has 0 aromatic heterocycles. The molecule has 0 fully saturated rings. The molecule has 20 heavy (non-hydrogen) atoms. The highest BCUT2D eigenvalue weighted by atomic mass is 19.4. The molecule has 10 heteroatoms. The van der Waals surface area contributed by atoms with Crippen LogP contribution in [0.3, 0.4) is 0 Å². The van der Waals surface area contributed by atoms with Crippen LogP contribution < -0.4 is 4.74 Å². The van der Waals surface area contributed by atoms with Crippen LogP contribution in [-0.4, -0.2) is 18.5 Å². The molecule has 0 aliphatic heterocycles. The van der Waals surface area contributed by atoms with Crippen molar-refractivity contribution in [2.75, 3.05) is 0 Å². The Labute approximate surface area is 105 Å². The summed E-state index contributed by atoms with van der Waals surface area (Å²) < 4.78 is 113. The fraction of sp³-hybridized carbons (Fsp3) is 0.400. The Morgan fingerprint density at radius 3 is 1.60 bits per heavy atom. The summed E-state index contributed by atoms with van der Waals surface area (Å²) in [7, 11) is 0. The predicted octanol–water partition coefficient (Wildman–Crippen LogP) is 4.58. The van der Waals surface area contributed by atoms with Crippen LogP contribution in [0.2, 0.25) is 0 Å². The van der Waals surface area contributed by atoms with Gasteiger partial charge in [-0.25, -0.2) is 0 Å². The largest absolute Gasteiger partial charge is 0.460 e. The molecule has 0 saturated heterocycles. The van der Waals surface area contributed by atoms with Crippen LogP contribution in [0.25, 0.3) is 0 Å². The van der Waals surface area contributed by atoms with Gasteiger partial charge in [0.1, 0.15) is 5.75 Å². The molecule has 0 aliphatic rings. The third-order valence-electron chi connectivity index (χ3n) is 2.08. The number of hydrogen-bond donors (Lipinski definition) is 0. The Bertz CT molecular complexity index is 445. The quantitative estimate of drug-likeness (QED) is 0.743. The third kappa shape index (κ3) is 3.48. The lowest BCUT2D eigenvalue weighted by Crippen LogP contribution is -2.47. The van der Waals surface area contributed by atoms with Crippen molar-refractivity contribution in [2.24, 2.45) is 0 Å². The van der Waals surface area contributed by atoms with Crippen molar-refractivity contribution in [1.82, 2.24) is 0 Å². The lowest BCUT2D eigenvalue weighted by atomic mass is 10.2. The van der Waals surface area contributed by atoms with Gasteiger partial charge in [-0.05, 0) is 24.3 Å². The predicted molar refractivity (Wildman–Crippen MR) is 48.0 cm³/mol. The summed E-state index contributed by atoms with van der Waals surface area (Å²) in [6.07, 6.45) is -15.0. The smallest absolute Gasteiger partial charge is 0.454 e. The summed E-state index contributed by atoms with van der Waals surface area (Å²) in [6.45, 7) is 0. The van der Waals surface area contributed by atoms with E-state index in [9.17, 15) is 39.5 Å². The van der Waals surface area contributed by atoms with Gasteiger partial charge in [0.05, 0.1) is 5.56 Å². The van der Waals surface area contributed by atoms with Gasteiger partial charge >= 0.3 is 24.6 Å². The fourth-order valence-electron chi connectivity index (χ4n) is 1.04. The molecule has 1 rings (SSSR count). The first-order chi connectivity index (χ1) is 8.85. The normalized spacial score (nSPS) is 15.1. The van der Waals surface area contributed by atoms with Crippen molar-refractivity contribution in [3.05, 3.63) is 29.8 Å². The molecule has 0 aliphatic carbocycles. The van der Waals surface area contributed by atoms with Gasteiger partial charge in [0, 0.05) is 0 Å². The maximum absolute atomic E-state index is 12.8. The van der Waals surface area contributed by atoms with Crippen molar-refractivity contribution >= 4 is 0 Å². The molecule has 1 atom stereocenters. The Morgan fingerprint density at radius 1 is 0.800 bits per heavy atom. The number of alkyl halides is 9. The van der Waals surface area contributed by atoms with Crippen molar-refractivity contribution in [1.29, 1.82) is 0 Å². The Hall–Kier alpha value is -1.61. The number of rotatable bonds is 3. The van der Waals surface area contributed by atoms with Gasteiger partial charge in [0.2, 0.25) is 0 Å².